The van der Waals surface area contributed by atoms with E-state index < -0.39 is 5.91 Å². The van der Waals surface area contributed by atoms with Gasteiger partial charge in [-0.3, -0.25) is 9.59 Å². The van der Waals surface area contributed by atoms with E-state index in [4.69, 9.17) is 0 Å². The lowest BCUT2D eigenvalue weighted by atomic mass is 9.83. The van der Waals surface area contributed by atoms with Crippen LogP contribution < -0.4 is 5.32 Å². The molecule has 0 atom stereocenters. The predicted octanol–water partition coefficient (Wildman–Crippen LogP) is 2.46. The molecule has 0 aliphatic heterocycles. The van der Waals surface area contributed by atoms with Crippen molar-refractivity contribution in [1.82, 2.24) is 5.32 Å². The van der Waals surface area contributed by atoms with E-state index in [1.54, 1.807) is 0 Å². The lowest BCUT2D eigenvalue weighted by Crippen LogP contribution is -2.26. The van der Waals surface area contributed by atoms with Gasteiger partial charge < -0.3 is 5.32 Å². The smallest absolute Gasteiger partial charge is 0.284 e. The average Bonchev–Trinajstić information content (AvgIpc) is 2.30. The number of aryl methyl sites for hydroxylation is 2. The molecule has 0 unspecified atom stereocenters. The molecule has 1 amide bonds. The lowest BCUT2D eigenvalue weighted by Gasteiger charge is -2.22. The summed E-state index contributed by atoms with van der Waals surface area (Å²) in [6.07, 6.45) is 1.06. The number of hydrogen-bond donors (Lipinski definition) is 1. The SMILES string of the molecule is Cc1cc(C(C)(C)C)cc(C)c1CCNC(=O)C=O. The molecule has 1 aromatic rings. The minimum absolute atomic E-state index is 0.139. The molecule has 0 aromatic heterocycles. The summed E-state index contributed by atoms with van der Waals surface area (Å²) in [6, 6.07) is 4.42. The van der Waals surface area contributed by atoms with Crippen molar-refractivity contribution in [3.05, 3.63) is 34.4 Å². The number of carbonyl (C=O) groups is 2. The van der Waals surface area contributed by atoms with Crippen molar-refractivity contribution < 1.29 is 9.59 Å². The summed E-state index contributed by atoms with van der Waals surface area (Å²) in [5.41, 5.74) is 5.19. The van der Waals surface area contributed by atoms with Crippen molar-refractivity contribution in [2.45, 2.75) is 46.5 Å². The lowest BCUT2D eigenvalue weighted by molar-refractivity contribution is -0.131. The number of amides is 1. The van der Waals surface area contributed by atoms with Gasteiger partial charge in [0, 0.05) is 6.54 Å². The van der Waals surface area contributed by atoms with Gasteiger partial charge >= 0.3 is 0 Å². The fourth-order valence-corrected chi connectivity index (χ4v) is 2.17. The van der Waals surface area contributed by atoms with Gasteiger partial charge in [0.25, 0.3) is 5.91 Å². The van der Waals surface area contributed by atoms with Gasteiger partial charge in [-0.15, -0.1) is 0 Å². The summed E-state index contributed by atoms with van der Waals surface area (Å²) in [4.78, 5) is 21.1. The zero-order valence-corrected chi connectivity index (χ0v) is 12.5. The zero-order chi connectivity index (χ0) is 14.6. The van der Waals surface area contributed by atoms with Crippen LogP contribution in [0.25, 0.3) is 0 Å². The van der Waals surface area contributed by atoms with E-state index >= 15 is 0 Å². The molecule has 0 fully saturated rings. The Bertz CT molecular complexity index is 461. The first kappa shape index (κ1) is 15.4. The molecule has 104 valence electrons. The van der Waals surface area contributed by atoms with E-state index in [-0.39, 0.29) is 5.41 Å². The Hall–Kier alpha value is -1.64. The van der Waals surface area contributed by atoms with E-state index in [0.717, 1.165) is 6.42 Å². The maximum Gasteiger partial charge on any atom is 0.284 e. The third kappa shape index (κ3) is 4.19. The van der Waals surface area contributed by atoms with Crippen LogP contribution in [0.5, 0.6) is 0 Å². The first-order chi connectivity index (χ1) is 8.75. The Labute approximate surface area is 115 Å². The van der Waals surface area contributed by atoms with Gasteiger partial charge in [-0.25, -0.2) is 0 Å². The number of benzene rings is 1. The molecule has 0 aliphatic rings. The third-order valence-electron chi connectivity index (χ3n) is 3.34. The van der Waals surface area contributed by atoms with Crippen molar-refractivity contribution in [1.29, 1.82) is 0 Å². The largest absolute Gasteiger partial charge is 0.349 e. The summed E-state index contributed by atoms with van der Waals surface area (Å²) >= 11 is 0. The van der Waals surface area contributed by atoms with Gasteiger partial charge in [0.2, 0.25) is 6.29 Å². The van der Waals surface area contributed by atoms with Crippen LogP contribution in [0, 0.1) is 13.8 Å². The molecule has 0 saturated heterocycles. The quantitative estimate of drug-likeness (QED) is 0.668. The number of hydrogen-bond acceptors (Lipinski definition) is 2. The fraction of sp³-hybridized carbons (Fsp3) is 0.500. The highest BCUT2D eigenvalue weighted by Crippen LogP contribution is 2.26. The van der Waals surface area contributed by atoms with Crippen molar-refractivity contribution in [2.24, 2.45) is 0 Å². The van der Waals surface area contributed by atoms with Crippen LogP contribution in [0.15, 0.2) is 12.1 Å². The molecular weight excluding hydrogens is 238 g/mol. The second-order valence-electron chi connectivity index (χ2n) is 6.00. The first-order valence-electron chi connectivity index (χ1n) is 6.59. The van der Waals surface area contributed by atoms with Gasteiger partial charge in [0.15, 0.2) is 0 Å². The molecule has 3 nitrogen and oxygen atoms in total. The summed E-state index contributed by atoms with van der Waals surface area (Å²) in [5.74, 6) is -0.554. The van der Waals surface area contributed by atoms with Crippen molar-refractivity contribution >= 4 is 12.2 Å². The molecule has 1 aromatic carbocycles. The van der Waals surface area contributed by atoms with E-state index in [1.807, 2.05) is 0 Å². The normalized spacial score (nSPS) is 11.2. The van der Waals surface area contributed by atoms with E-state index in [2.05, 4.69) is 52.1 Å². The van der Waals surface area contributed by atoms with Crippen LogP contribution in [0.1, 0.15) is 43.0 Å². The van der Waals surface area contributed by atoms with Gasteiger partial charge in [-0.2, -0.15) is 0 Å². The van der Waals surface area contributed by atoms with Crippen LogP contribution in [0.2, 0.25) is 0 Å². The standard InChI is InChI=1S/C16H23NO2/c1-11-8-13(16(3,4)5)9-12(2)14(11)6-7-17-15(19)10-18/h8-10H,6-7H2,1-5H3,(H,17,19). The molecule has 3 heteroatoms. The first-order valence-corrected chi connectivity index (χ1v) is 6.59. The topological polar surface area (TPSA) is 46.2 Å². The zero-order valence-electron chi connectivity index (χ0n) is 12.5. The van der Waals surface area contributed by atoms with Crippen LogP contribution in [0.3, 0.4) is 0 Å². The Morgan fingerprint density at radius 1 is 1.21 bits per heavy atom. The van der Waals surface area contributed by atoms with Crippen LogP contribution in [0.4, 0.5) is 0 Å². The van der Waals surface area contributed by atoms with Gasteiger partial charge in [0.1, 0.15) is 0 Å². The minimum Gasteiger partial charge on any atom is -0.349 e. The second-order valence-corrected chi connectivity index (χ2v) is 6.00. The molecule has 0 radical (unpaired) electrons. The highest BCUT2D eigenvalue weighted by atomic mass is 16.2. The van der Waals surface area contributed by atoms with Gasteiger partial charge in [0.05, 0.1) is 0 Å². The average molecular weight is 261 g/mol. The van der Waals surface area contributed by atoms with Gasteiger partial charge in [-0.05, 0) is 47.9 Å². The van der Waals surface area contributed by atoms with Crippen molar-refractivity contribution in [2.75, 3.05) is 6.54 Å². The minimum atomic E-state index is -0.554. The predicted molar refractivity (Wildman–Crippen MR) is 77.4 cm³/mol. The van der Waals surface area contributed by atoms with E-state index in [1.165, 1.54) is 22.3 Å². The maximum atomic E-state index is 10.9. The molecule has 0 aliphatic carbocycles. The van der Waals surface area contributed by atoms with E-state index in [9.17, 15) is 9.59 Å². The number of rotatable bonds is 4. The molecule has 1 rings (SSSR count). The third-order valence-corrected chi connectivity index (χ3v) is 3.34. The summed E-state index contributed by atoms with van der Waals surface area (Å²) in [5, 5.41) is 2.57. The Balaban J connectivity index is 2.86. The Morgan fingerprint density at radius 3 is 2.16 bits per heavy atom. The monoisotopic (exact) mass is 261 g/mol. The molecule has 1 N–H and O–H groups in total. The number of nitrogens with one attached hydrogen (secondary N) is 1. The molecule has 0 bridgehead atoms. The Kier molecular flexibility index (Phi) is 4.87. The van der Waals surface area contributed by atoms with Crippen LogP contribution in [-0.4, -0.2) is 18.7 Å². The molecule has 0 spiro atoms. The Morgan fingerprint density at radius 2 is 1.74 bits per heavy atom. The number of carbonyl (C=O) groups excluding carboxylic acids is 2. The molecular formula is C16H23NO2. The highest BCUT2D eigenvalue weighted by molar-refractivity contribution is 6.23. The summed E-state index contributed by atoms with van der Waals surface area (Å²) in [7, 11) is 0. The van der Waals surface area contributed by atoms with Crippen LogP contribution in [-0.2, 0) is 21.4 Å². The maximum absolute atomic E-state index is 10.9. The summed E-state index contributed by atoms with van der Waals surface area (Å²) in [6.45, 7) is 11.3. The van der Waals surface area contributed by atoms with Gasteiger partial charge in [-0.1, -0.05) is 32.9 Å². The van der Waals surface area contributed by atoms with Crippen molar-refractivity contribution in [3.63, 3.8) is 0 Å². The number of aldehydes is 1. The van der Waals surface area contributed by atoms with Crippen molar-refractivity contribution in [3.8, 4) is 0 Å². The second kappa shape index (κ2) is 6.00. The van der Waals surface area contributed by atoms with E-state index in [0.29, 0.717) is 12.8 Å². The highest BCUT2D eigenvalue weighted by Gasteiger charge is 2.16. The molecule has 19 heavy (non-hydrogen) atoms. The van der Waals surface area contributed by atoms with Crippen LogP contribution >= 0.6 is 0 Å². The molecule has 0 heterocycles. The fourth-order valence-electron chi connectivity index (χ4n) is 2.17. The molecule has 0 saturated carbocycles. The summed E-state index contributed by atoms with van der Waals surface area (Å²) < 4.78 is 0.